The van der Waals surface area contributed by atoms with Crippen molar-refractivity contribution < 1.29 is 13.6 Å². The van der Waals surface area contributed by atoms with Crippen LogP contribution in [0.1, 0.15) is 15.9 Å². The average molecular weight is 410 g/mol. The van der Waals surface area contributed by atoms with Crippen LogP contribution in [-0.2, 0) is 0 Å². The van der Waals surface area contributed by atoms with Crippen LogP contribution in [0.15, 0.2) is 72.0 Å². The summed E-state index contributed by atoms with van der Waals surface area (Å²) >= 11 is 0.357. The molecule has 0 aliphatic rings. The summed E-state index contributed by atoms with van der Waals surface area (Å²) in [4.78, 5) is 21.7. The van der Waals surface area contributed by atoms with Crippen molar-refractivity contribution in [1.29, 1.82) is 0 Å². The van der Waals surface area contributed by atoms with E-state index in [1.54, 1.807) is 18.3 Å². The second-order valence-corrected chi connectivity index (χ2v) is 7.34. The summed E-state index contributed by atoms with van der Waals surface area (Å²) in [6.07, 6.45) is 5.38. The number of fused-ring (bicyclic) bond motifs is 1. The zero-order chi connectivity index (χ0) is 20.4. The van der Waals surface area contributed by atoms with Gasteiger partial charge in [-0.2, -0.15) is 8.78 Å². The molecule has 0 aliphatic heterocycles. The van der Waals surface area contributed by atoms with E-state index < -0.39 is 11.7 Å². The van der Waals surface area contributed by atoms with Gasteiger partial charge in [-0.1, -0.05) is 36.0 Å². The monoisotopic (exact) mass is 410 g/mol. The van der Waals surface area contributed by atoms with Crippen LogP contribution in [0.2, 0.25) is 0 Å². The van der Waals surface area contributed by atoms with E-state index in [9.17, 15) is 13.6 Å². The number of hydrogen-bond acceptors (Lipinski definition) is 4. The Morgan fingerprint density at radius 2 is 2.00 bits per heavy atom. The lowest BCUT2D eigenvalue weighted by atomic mass is 10.1. The van der Waals surface area contributed by atoms with Gasteiger partial charge < -0.3 is 5.32 Å². The van der Waals surface area contributed by atoms with Crippen LogP contribution < -0.4 is 5.32 Å². The molecule has 0 saturated carbocycles. The highest BCUT2D eigenvalue weighted by molar-refractivity contribution is 7.99. The van der Waals surface area contributed by atoms with Gasteiger partial charge >= 0.3 is 0 Å². The van der Waals surface area contributed by atoms with Gasteiger partial charge in [-0.05, 0) is 36.8 Å². The molecule has 5 nitrogen and oxygen atoms in total. The molecule has 0 atom stereocenters. The normalized spacial score (nSPS) is 11.2. The van der Waals surface area contributed by atoms with Crippen LogP contribution in [0.5, 0.6) is 0 Å². The maximum absolute atomic E-state index is 12.8. The van der Waals surface area contributed by atoms with Crippen LogP contribution in [0.25, 0.3) is 17.0 Å². The summed E-state index contributed by atoms with van der Waals surface area (Å²) < 4.78 is 27.4. The maximum atomic E-state index is 12.8. The third-order valence-corrected chi connectivity index (χ3v) is 5.15. The van der Waals surface area contributed by atoms with Crippen molar-refractivity contribution in [1.82, 2.24) is 14.4 Å². The smallest absolute Gasteiger partial charge is 0.288 e. The van der Waals surface area contributed by atoms with Gasteiger partial charge in [-0.25, -0.2) is 9.97 Å². The van der Waals surface area contributed by atoms with Gasteiger partial charge in [0.15, 0.2) is 0 Å². The minimum atomic E-state index is -2.60. The molecule has 0 radical (unpaired) electrons. The molecule has 8 heteroatoms. The molecule has 2 aromatic carbocycles. The molecule has 2 aromatic heterocycles. The van der Waals surface area contributed by atoms with E-state index >= 15 is 0 Å². The fraction of sp³-hybridized carbons (Fsp3) is 0.0952. The second-order valence-electron chi connectivity index (χ2n) is 6.31. The Bertz CT molecular complexity index is 1160. The Kier molecular flexibility index (Phi) is 5.26. The van der Waals surface area contributed by atoms with Crippen molar-refractivity contribution in [2.45, 2.75) is 17.6 Å². The van der Waals surface area contributed by atoms with E-state index in [1.165, 1.54) is 12.1 Å². The molecule has 0 bridgehead atoms. The van der Waals surface area contributed by atoms with Crippen LogP contribution >= 0.6 is 11.8 Å². The molecule has 0 saturated heterocycles. The zero-order valence-corrected chi connectivity index (χ0v) is 16.2. The SMILES string of the molecule is Cc1ccc(-c2cn3cccnc3n2)cc1NC(=O)c1ccccc1SC(F)F. The van der Waals surface area contributed by atoms with Crippen molar-refractivity contribution in [3.63, 3.8) is 0 Å². The molecule has 4 aromatic rings. The molecule has 0 fully saturated rings. The van der Waals surface area contributed by atoms with E-state index in [0.29, 0.717) is 28.9 Å². The molecule has 0 unspecified atom stereocenters. The van der Waals surface area contributed by atoms with Crippen LogP contribution in [0.4, 0.5) is 14.5 Å². The largest absolute Gasteiger partial charge is 0.322 e. The number of carbonyl (C=O) groups excluding carboxylic acids is 1. The molecule has 1 amide bonds. The Morgan fingerprint density at radius 1 is 1.17 bits per heavy atom. The summed E-state index contributed by atoms with van der Waals surface area (Å²) in [5.41, 5.74) is 3.18. The highest BCUT2D eigenvalue weighted by atomic mass is 32.2. The number of aryl methyl sites for hydroxylation is 1. The number of amides is 1. The zero-order valence-electron chi connectivity index (χ0n) is 15.3. The number of halogens is 2. The van der Waals surface area contributed by atoms with E-state index in [4.69, 9.17) is 0 Å². The number of thioether (sulfide) groups is 1. The van der Waals surface area contributed by atoms with Crippen molar-refractivity contribution in [2.24, 2.45) is 0 Å². The number of nitrogens with one attached hydrogen (secondary N) is 1. The first kappa shape index (κ1) is 19.1. The number of anilines is 1. The molecular weight excluding hydrogens is 394 g/mol. The first-order chi connectivity index (χ1) is 14.0. The van der Waals surface area contributed by atoms with Crippen LogP contribution in [0.3, 0.4) is 0 Å². The van der Waals surface area contributed by atoms with Crippen LogP contribution in [0, 0.1) is 6.92 Å². The summed E-state index contributed by atoms with van der Waals surface area (Å²) in [6.45, 7) is 1.87. The lowest BCUT2D eigenvalue weighted by Crippen LogP contribution is -2.14. The lowest BCUT2D eigenvalue weighted by Gasteiger charge is -2.12. The molecule has 0 aliphatic carbocycles. The number of carbonyl (C=O) groups is 1. The number of imidazole rings is 1. The molecule has 2 heterocycles. The third-order valence-electron chi connectivity index (χ3n) is 4.36. The Balaban J connectivity index is 1.64. The average Bonchev–Trinajstić information content (AvgIpc) is 3.14. The van der Waals surface area contributed by atoms with E-state index in [1.807, 2.05) is 48.0 Å². The van der Waals surface area contributed by atoms with Gasteiger partial charge in [0, 0.05) is 34.7 Å². The Labute approximate surface area is 169 Å². The molecule has 0 spiro atoms. The third kappa shape index (κ3) is 4.12. The highest BCUT2D eigenvalue weighted by Gasteiger charge is 2.16. The van der Waals surface area contributed by atoms with E-state index in [-0.39, 0.29) is 10.5 Å². The van der Waals surface area contributed by atoms with Gasteiger partial charge in [-0.15, -0.1) is 0 Å². The minimum absolute atomic E-state index is 0.208. The highest BCUT2D eigenvalue weighted by Crippen LogP contribution is 2.30. The van der Waals surface area contributed by atoms with Crippen LogP contribution in [-0.4, -0.2) is 26.0 Å². The van der Waals surface area contributed by atoms with Gasteiger partial charge in [0.1, 0.15) is 0 Å². The predicted molar refractivity (Wildman–Crippen MR) is 109 cm³/mol. The van der Waals surface area contributed by atoms with Gasteiger partial charge in [0.25, 0.3) is 11.7 Å². The first-order valence-corrected chi connectivity index (χ1v) is 9.65. The molecule has 146 valence electrons. The predicted octanol–water partition coefficient (Wildman–Crippen LogP) is 5.27. The quantitative estimate of drug-likeness (QED) is 0.455. The van der Waals surface area contributed by atoms with Crippen molar-refractivity contribution in [3.05, 3.63) is 78.2 Å². The number of benzene rings is 2. The van der Waals surface area contributed by atoms with E-state index in [2.05, 4.69) is 15.3 Å². The molecule has 29 heavy (non-hydrogen) atoms. The van der Waals surface area contributed by atoms with E-state index in [0.717, 1.165) is 11.1 Å². The molecular formula is C21H16F2N4OS. The number of alkyl halides is 2. The minimum Gasteiger partial charge on any atom is -0.322 e. The summed E-state index contributed by atoms with van der Waals surface area (Å²) in [6, 6.07) is 13.7. The Morgan fingerprint density at radius 3 is 2.79 bits per heavy atom. The number of aromatic nitrogens is 3. The first-order valence-electron chi connectivity index (χ1n) is 8.77. The fourth-order valence-electron chi connectivity index (χ4n) is 2.93. The molecule has 4 rings (SSSR count). The maximum Gasteiger partial charge on any atom is 0.288 e. The Hall–Kier alpha value is -3.26. The topological polar surface area (TPSA) is 59.3 Å². The van der Waals surface area contributed by atoms with Crippen molar-refractivity contribution >= 4 is 29.1 Å². The number of hydrogen-bond donors (Lipinski definition) is 1. The lowest BCUT2D eigenvalue weighted by molar-refractivity contribution is 0.102. The van der Waals surface area contributed by atoms with Crippen molar-refractivity contribution in [2.75, 3.05) is 5.32 Å². The fourth-order valence-corrected chi connectivity index (χ4v) is 3.56. The summed E-state index contributed by atoms with van der Waals surface area (Å²) in [5.74, 6) is -2.46. The number of rotatable bonds is 5. The standard InChI is InChI=1S/C21H16F2N4OS/c1-13-7-8-14(17-12-27-10-4-9-24-21(27)26-17)11-16(13)25-19(28)15-5-2-3-6-18(15)29-20(22)23/h2-12,20H,1H3,(H,25,28). The number of nitrogens with zero attached hydrogens (tertiary/aromatic N) is 3. The summed E-state index contributed by atoms with van der Waals surface area (Å²) in [5, 5.41) is 2.84. The molecule has 1 N–H and O–H groups in total. The van der Waals surface area contributed by atoms with Gasteiger partial charge in [0.05, 0.1) is 11.3 Å². The van der Waals surface area contributed by atoms with Gasteiger partial charge in [-0.3, -0.25) is 9.20 Å². The summed E-state index contributed by atoms with van der Waals surface area (Å²) in [7, 11) is 0. The van der Waals surface area contributed by atoms with Gasteiger partial charge in [0.2, 0.25) is 5.78 Å². The van der Waals surface area contributed by atoms with Crippen molar-refractivity contribution in [3.8, 4) is 11.3 Å². The second kappa shape index (κ2) is 8.00.